The van der Waals surface area contributed by atoms with Gasteiger partial charge in [-0.15, -0.1) is 0 Å². The number of aromatic nitrogens is 2. The van der Waals surface area contributed by atoms with Gasteiger partial charge in [-0.1, -0.05) is 12.1 Å². The number of rotatable bonds is 5. The fraction of sp³-hybridized carbons (Fsp3) is 0.267. The summed E-state index contributed by atoms with van der Waals surface area (Å²) in [4.78, 5) is 38.9. The van der Waals surface area contributed by atoms with Crippen molar-refractivity contribution in [3.8, 4) is 5.75 Å². The van der Waals surface area contributed by atoms with Gasteiger partial charge in [-0.3, -0.25) is 14.6 Å². The standard InChI is InChI=1S/C15H17N3O4/c1-9(2)22-12-6-4-3-5-11(12)17-13(19)7-10-8-14(20)18-15(21)16-10/h3-6,8-9H,7H2,1-2H3,(H,17,19)(H2,16,18,20,21). The monoisotopic (exact) mass is 303 g/mol. The maximum absolute atomic E-state index is 12.0. The van der Waals surface area contributed by atoms with Gasteiger partial charge < -0.3 is 15.0 Å². The molecule has 2 rings (SSSR count). The number of hydrogen-bond acceptors (Lipinski definition) is 4. The second-order valence-electron chi connectivity index (χ2n) is 5.00. The highest BCUT2D eigenvalue weighted by Crippen LogP contribution is 2.24. The highest BCUT2D eigenvalue weighted by atomic mass is 16.5. The number of aromatic amines is 2. The molecule has 1 aromatic carbocycles. The highest BCUT2D eigenvalue weighted by Gasteiger charge is 2.10. The molecule has 0 aliphatic heterocycles. The van der Waals surface area contributed by atoms with E-state index in [1.54, 1.807) is 18.2 Å². The average Bonchev–Trinajstić information content (AvgIpc) is 2.39. The third-order valence-corrected chi connectivity index (χ3v) is 2.69. The van der Waals surface area contributed by atoms with Gasteiger partial charge in [0.25, 0.3) is 5.56 Å². The minimum absolute atomic E-state index is 0.0258. The van der Waals surface area contributed by atoms with Gasteiger partial charge in [0.2, 0.25) is 5.91 Å². The van der Waals surface area contributed by atoms with Crippen LogP contribution in [-0.4, -0.2) is 22.0 Å². The first-order valence-electron chi connectivity index (χ1n) is 6.82. The van der Waals surface area contributed by atoms with E-state index in [-0.39, 0.29) is 24.1 Å². The maximum atomic E-state index is 12.0. The Kier molecular flexibility index (Phi) is 4.77. The molecule has 0 radical (unpaired) electrons. The predicted octanol–water partition coefficient (Wildman–Crippen LogP) is 1.03. The molecular weight excluding hydrogens is 286 g/mol. The molecule has 0 saturated carbocycles. The number of amides is 1. The van der Waals surface area contributed by atoms with Gasteiger partial charge in [-0.2, -0.15) is 0 Å². The summed E-state index contributed by atoms with van der Waals surface area (Å²) in [6.07, 6.45) is -0.142. The molecule has 1 amide bonds. The van der Waals surface area contributed by atoms with Crippen LogP contribution in [0.5, 0.6) is 5.75 Å². The minimum Gasteiger partial charge on any atom is -0.489 e. The van der Waals surface area contributed by atoms with E-state index in [1.165, 1.54) is 6.07 Å². The number of anilines is 1. The molecule has 0 atom stereocenters. The van der Waals surface area contributed by atoms with Crippen LogP contribution in [0.15, 0.2) is 39.9 Å². The number of ether oxygens (including phenoxy) is 1. The highest BCUT2D eigenvalue weighted by molar-refractivity contribution is 5.93. The lowest BCUT2D eigenvalue weighted by molar-refractivity contribution is -0.115. The fourth-order valence-electron chi connectivity index (χ4n) is 1.91. The summed E-state index contributed by atoms with van der Waals surface area (Å²) in [5.74, 6) is 0.200. The van der Waals surface area contributed by atoms with E-state index in [4.69, 9.17) is 4.74 Å². The number of carbonyl (C=O) groups excluding carboxylic acids is 1. The molecule has 7 nitrogen and oxygen atoms in total. The van der Waals surface area contributed by atoms with Gasteiger partial charge >= 0.3 is 5.69 Å². The lowest BCUT2D eigenvalue weighted by Crippen LogP contribution is -2.25. The van der Waals surface area contributed by atoms with Crippen molar-refractivity contribution in [3.05, 3.63) is 56.9 Å². The van der Waals surface area contributed by atoms with Gasteiger partial charge in [-0.05, 0) is 26.0 Å². The molecule has 0 aliphatic carbocycles. The molecule has 0 unspecified atom stereocenters. The summed E-state index contributed by atoms with van der Waals surface area (Å²) in [6.45, 7) is 3.78. The van der Waals surface area contributed by atoms with Crippen molar-refractivity contribution in [1.29, 1.82) is 0 Å². The van der Waals surface area contributed by atoms with Crippen LogP contribution in [0.3, 0.4) is 0 Å². The molecule has 7 heteroatoms. The Hall–Kier alpha value is -2.83. The molecule has 3 N–H and O–H groups in total. The molecule has 22 heavy (non-hydrogen) atoms. The van der Waals surface area contributed by atoms with Gasteiger partial charge in [0.05, 0.1) is 18.2 Å². The number of para-hydroxylation sites is 2. The van der Waals surface area contributed by atoms with Crippen molar-refractivity contribution in [2.75, 3.05) is 5.32 Å². The van der Waals surface area contributed by atoms with Crippen LogP contribution in [0, 0.1) is 0 Å². The number of hydrogen-bond donors (Lipinski definition) is 3. The lowest BCUT2D eigenvalue weighted by Gasteiger charge is -2.14. The summed E-state index contributed by atoms with van der Waals surface area (Å²) >= 11 is 0. The van der Waals surface area contributed by atoms with Crippen molar-refractivity contribution in [2.24, 2.45) is 0 Å². The molecule has 116 valence electrons. The number of nitrogens with one attached hydrogen (secondary N) is 3. The Morgan fingerprint density at radius 2 is 1.95 bits per heavy atom. The zero-order chi connectivity index (χ0) is 16.1. The van der Waals surface area contributed by atoms with Gasteiger partial charge in [0.1, 0.15) is 5.75 Å². The second kappa shape index (κ2) is 6.75. The summed E-state index contributed by atoms with van der Waals surface area (Å²) in [5, 5.41) is 2.71. The summed E-state index contributed by atoms with van der Waals surface area (Å²) in [5.41, 5.74) is -0.407. The van der Waals surface area contributed by atoms with Crippen molar-refractivity contribution in [2.45, 2.75) is 26.4 Å². The number of benzene rings is 1. The van der Waals surface area contributed by atoms with Crippen molar-refractivity contribution >= 4 is 11.6 Å². The van der Waals surface area contributed by atoms with E-state index in [9.17, 15) is 14.4 Å². The van der Waals surface area contributed by atoms with Crippen molar-refractivity contribution < 1.29 is 9.53 Å². The Bertz CT molecular complexity index is 748. The Morgan fingerprint density at radius 3 is 2.64 bits per heavy atom. The van der Waals surface area contributed by atoms with Crippen LogP contribution in [0.4, 0.5) is 5.69 Å². The van der Waals surface area contributed by atoms with E-state index in [0.29, 0.717) is 11.4 Å². The molecule has 0 bridgehead atoms. The van der Waals surface area contributed by atoms with Crippen molar-refractivity contribution in [3.63, 3.8) is 0 Å². The van der Waals surface area contributed by atoms with Crippen LogP contribution in [0.1, 0.15) is 19.5 Å². The molecule has 0 fully saturated rings. The van der Waals surface area contributed by atoms with Crippen LogP contribution in [0.25, 0.3) is 0 Å². The number of H-pyrrole nitrogens is 2. The predicted molar refractivity (Wildman–Crippen MR) is 82.2 cm³/mol. The first kappa shape index (κ1) is 15.6. The first-order chi connectivity index (χ1) is 10.4. The van der Waals surface area contributed by atoms with Gasteiger partial charge in [0.15, 0.2) is 0 Å². The first-order valence-corrected chi connectivity index (χ1v) is 6.82. The molecular formula is C15H17N3O4. The molecule has 0 saturated heterocycles. The van der Waals surface area contributed by atoms with E-state index >= 15 is 0 Å². The van der Waals surface area contributed by atoms with Crippen LogP contribution >= 0.6 is 0 Å². The third kappa shape index (κ3) is 4.34. The zero-order valence-corrected chi connectivity index (χ0v) is 12.3. The van der Waals surface area contributed by atoms with Gasteiger partial charge in [0, 0.05) is 11.8 Å². The fourth-order valence-corrected chi connectivity index (χ4v) is 1.91. The maximum Gasteiger partial charge on any atom is 0.325 e. The average molecular weight is 303 g/mol. The molecule has 0 aliphatic rings. The van der Waals surface area contributed by atoms with Crippen molar-refractivity contribution in [1.82, 2.24) is 9.97 Å². The molecule has 0 spiro atoms. The molecule has 1 aromatic heterocycles. The van der Waals surface area contributed by atoms with E-state index in [1.807, 2.05) is 24.9 Å². The van der Waals surface area contributed by atoms with Crippen LogP contribution < -0.4 is 21.3 Å². The quantitative estimate of drug-likeness (QED) is 0.767. The Labute approximate surface area is 126 Å². The Morgan fingerprint density at radius 1 is 1.23 bits per heavy atom. The largest absolute Gasteiger partial charge is 0.489 e. The summed E-state index contributed by atoms with van der Waals surface area (Å²) in [7, 11) is 0. The van der Waals surface area contributed by atoms with Crippen LogP contribution in [0.2, 0.25) is 0 Å². The van der Waals surface area contributed by atoms with E-state index in [2.05, 4.69) is 10.3 Å². The smallest absolute Gasteiger partial charge is 0.325 e. The molecule has 1 heterocycles. The minimum atomic E-state index is -0.640. The van der Waals surface area contributed by atoms with E-state index in [0.717, 1.165) is 0 Å². The van der Waals surface area contributed by atoms with E-state index < -0.39 is 11.2 Å². The second-order valence-corrected chi connectivity index (χ2v) is 5.00. The third-order valence-electron chi connectivity index (χ3n) is 2.69. The lowest BCUT2D eigenvalue weighted by atomic mass is 10.2. The Balaban J connectivity index is 2.12. The zero-order valence-electron chi connectivity index (χ0n) is 12.3. The number of carbonyl (C=O) groups is 1. The topological polar surface area (TPSA) is 104 Å². The normalized spacial score (nSPS) is 10.5. The summed E-state index contributed by atoms with van der Waals surface area (Å²) < 4.78 is 5.61. The van der Waals surface area contributed by atoms with Crippen LogP contribution in [-0.2, 0) is 11.2 Å². The SMILES string of the molecule is CC(C)Oc1ccccc1NC(=O)Cc1cc(=O)[nH]c(=O)[nH]1. The summed E-state index contributed by atoms with van der Waals surface area (Å²) in [6, 6.07) is 8.23. The molecule has 2 aromatic rings. The van der Waals surface area contributed by atoms with Gasteiger partial charge in [-0.25, -0.2) is 4.79 Å².